The Morgan fingerprint density at radius 2 is 1.78 bits per heavy atom. The molecule has 0 aliphatic carbocycles. The lowest BCUT2D eigenvalue weighted by molar-refractivity contribution is -0.121. The van der Waals surface area contributed by atoms with E-state index in [2.05, 4.69) is 19.1 Å². The Bertz CT molecular complexity index is 855. The van der Waals surface area contributed by atoms with Crippen LogP contribution < -0.4 is 4.90 Å². The van der Waals surface area contributed by atoms with Crippen LogP contribution in [0.5, 0.6) is 0 Å². The number of hydrogen-bond donors (Lipinski definition) is 0. The van der Waals surface area contributed by atoms with E-state index in [1.165, 1.54) is 10.5 Å². The van der Waals surface area contributed by atoms with Crippen molar-refractivity contribution in [2.24, 2.45) is 0 Å². The number of carbonyl (C=O) groups is 2. The van der Waals surface area contributed by atoms with Crippen LogP contribution in [0.2, 0.25) is 0 Å². The van der Waals surface area contributed by atoms with Gasteiger partial charge in [0.15, 0.2) is 0 Å². The number of anilines is 1. The summed E-state index contributed by atoms with van der Waals surface area (Å²) in [5.74, 6) is -0.103. The van der Waals surface area contributed by atoms with Crippen molar-refractivity contribution in [3.05, 3.63) is 54.1 Å². The van der Waals surface area contributed by atoms with Gasteiger partial charge in [0.2, 0.25) is 5.91 Å². The topological polar surface area (TPSA) is 49.9 Å². The predicted molar refractivity (Wildman–Crippen MR) is 107 cm³/mol. The summed E-state index contributed by atoms with van der Waals surface area (Å²) < 4.78 is 5.37. The highest BCUT2D eigenvalue weighted by molar-refractivity contribution is 5.97. The summed E-state index contributed by atoms with van der Waals surface area (Å²) >= 11 is 0. The average Bonchev–Trinajstić information content (AvgIpc) is 2.60. The molecular formula is C22H26N2O3. The maximum atomic E-state index is 12.7. The van der Waals surface area contributed by atoms with Gasteiger partial charge in [-0.2, -0.15) is 0 Å². The molecule has 1 aliphatic heterocycles. The number of hydrogen-bond acceptors (Lipinski definition) is 3. The molecule has 0 radical (unpaired) electrons. The molecule has 5 nitrogen and oxygen atoms in total. The fraction of sp³-hybridized carbons (Fsp3) is 0.364. The molecule has 3 rings (SSSR count). The van der Waals surface area contributed by atoms with E-state index < -0.39 is 11.7 Å². The van der Waals surface area contributed by atoms with Gasteiger partial charge in [0, 0.05) is 18.8 Å². The molecule has 1 heterocycles. The first-order valence-electron chi connectivity index (χ1n) is 9.19. The smallest absolute Gasteiger partial charge is 0.410 e. The Kier molecular flexibility index (Phi) is 5.22. The quantitative estimate of drug-likeness (QED) is 0.798. The first-order chi connectivity index (χ1) is 12.7. The number of carbonyl (C=O) groups excluding carboxylic acids is 2. The van der Waals surface area contributed by atoms with Crippen molar-refractivity contribution in [1.29, 1.82) is 0 Å². The molecule has 0 bridgehead atoms. The van der Waals surface area contributed by atoms with Crippen LogP contribution in [0.1, 0.15) is 26.3 Å². The Morgan fingerprint density at radius 3 is 2.44 bits per heavy atom. The fourth-order valence-corrected chi connectivity index (χ4v) is 3.17. The minimum absolute atomic E-state index is 0.0313. The molecule has 0 N–H and O–H groups in total. The highest BCUT2D eigenvalue weighted by Crippen LogP contribution is 2.28. The first-order valence-corrected chi connectivity index (χ1v) is 9.19. The number of ether oxygens (including phenoxy) is 1. The number of amides is 2. The summed E-state index contributed by atoms with van der Waals surface area (Å²) in [5, 5.41) is 0. The van der Waals surface area contributed by atoms with E-state index in [4.69, 9.17) is 4.74 Å². The van der Waals surface area contributed by atoms with Crippen LogP contribution in [0.25, 0.3) is 11.1 Å². The molecule has 0 aromatic heterocycles. The summed E-state index contributed by atoms with van der Waals surface area (Å²) in [7, 11) is 0. The summed E-state index contributed by atoms with van der Waals surface area (Å²) in [6.45, 7) is 8.47. The van der Waals surface area contributed by atoms with E-state index in [1.807, 2.05) is 57.2 Å². The second-order valence-corrected chi connectivity index (χ2v) is 7.81. The number of rotatable bonds is 2. The van der Waals surface area contributed by atoms with E-state index in [1.54, 1.807) is 4.90 Å². The van der Waals surface area contributed by atoms with Gasteiger partial charge in [-0.25, -0.2) is 4.79 Å². The third-order valence-electron chi connectivity index (χ3n) is 4.49. The van der Waals surface area contributed by atoms with Crippen LogP contribution in [0, 0.1) is 6.92 Å². The lowest BCUT2D eigenvalue weighted by Gasteiger charge is -2.35. The van der Waals surface area contributed by atoms with E-state index in [0.29, 0.717) is 13.1 Å². The normalized spacial score (nSPS) is 15.0. The molecule has 2 aromatic carbocycles. The predicted octanol–water partition coefficient (Wildman–Crippen LogP) is 4.25. The van der Waals surface area contributed by atoms with Crippen molar-refractivity contribution < 1.29 is 14.3 Å². The van der Waals surface area contributed by atoms with Gasteiger partial charge >= 0.3 is 6.09 Å². The van der Waals surface area contributed by atoms with Crippen molar-refractivity contribution in [3.63, 3.8) is 0 Å². The molecule has 1 fully saturated rings. The summed E-state index contributed by atoms with van der Waals surface area (Å²) in [5.41, 5.74) is 3.70. The number of nitrogens with zero attached hydrogens (tertiary/aromatic N) is 2. The largest absolute Gasteiger partial charge is 0.444 e. The van der Waals surface area contributed by atoms with E-state index in [9.17, 15) is 9.59 Å². The molecule has 2 amide bonds. The van der Waals surface area contributed by atoms with Gasteiger partial charge in [-0.1, -0.05) is 36.4 Å². The van der Waals surface area contributed by atoms with Gasteiger partial charge in [0.05, 0.1) is 0 Å². The number of benzene rings is 2. The zero-order valence-electron chi connectivity index (χ0n) is 16.4. The number of piperazine rings is 1. The Morgan fingerprint density at radius 1 is 1.04 bits per heavy atom. The monoisotopic (exact) mass is 366 g/mol. The van der Waals surface area contributed by atoms with Crippen LogP contribution in [0.3, 0.4) is 0 Å². The Labute approximate surface area is 160 Å². The van der Waals surface area contributed by atoms with Gasteiger partial charge in [0.25, 0.3) is 0 Å². The lowest BCUT2D eigenvalue weighted by Crippen LogP contribution is -2.53. The minimum Gasteiger partial charge on any atom is -0.444 e. The van der Waals surface area contributed by atoms with Crippen molar-refractivity contribution in [2.45, 2.75) is 33.3 Å². The lowest BCUT2D eigenvalue weighted by atomic mass is 10.00. The second kappa shape index (κ2) is 7.43. The molecule has 142 valence electrons. The Hall–Kier alpha value is -2.82. The highest BCUT2D eigenvalue weighted by atomic mass is 16.6. The maximum Gasteiger partial charge on any atom is 0.410 e. The molecule has 0 spiro atoms. The third kappa shape index (κ3) is 4.48. The first kappa shape index (κ1) is 19.0. The van der Waals surface area contributed by atoms with Gasteiger partial charge in [0.1, 0.15) is 12.1 Å². The van der Waals surface area contributed by atoms with Crippen LogP contribution in [0.15, 0.2) is 48.5 Å². The van der Waals surface area contributed by atoms with Crippen molar-refractivity contribution in [1.82, 2.24) is 4.90 Å². The molecular weight excluding hydrogens is 340 g/mol. The molecule has 0 unspecified atom stereocenters. The third-order valence-corrected chi connectivity index (χ3v) is 4.49. The fourth-order valence-electron chi connectivity index (χ4n) is 3.17. The summed E-state index contributed by atoms with van der Waals surface area (Å²) in [6.07, 6.45) is -0.441. The second-order valence-electron chi connectivity index (χ2n) is 7.81. The minimum atomic E-state index is -0.570. The average molecular weight is 366 g/mol. The summed E-state index contributed by atoms with van der Waals surface area (Å²) in [4.78, 5) is 28.1. The standard InChI is InChI=1S/C22H26N2O3/c1-16-8-5-6-11-19(16)17-9-7-10-18(14-17)24-13-12-23(15-20(24)25)21(26)27-22(2,3)4/h5-11,14H,12-13,15H2,1-4H3. The van der Waals surface area contributed by atoms with E-state index in [0.717, 1.165) is 16.8 Å². The molecule has 0 saturated carbocycles. The molecule has 0 atom stereocenters. The molecule has 5 heteroatoms. The van der Waals surface area contributed by atoms with Crippen LogP contribution in [0.4, 0.5) is 10.5 Å². The highest BCUT2D eigenvalue weighted by Gasteiger charge is 2.31. The SMILES string of the molecule is Cc1ccccc1-c1cccc(N2CCN(C(=O)OC(C)(C)C)CC2=O)c1. The van der Waals surface area contributed by atoms with Crippen LogP contribution in [-0.4, -0.2) is 42.1 Å². The van der Waals surface area contributed by atoms with Crippen LogP contribution >= 0.6 is 0 Å². The summed E-state index contributed by atoms with van der Waals surface area (Å²) in [6, 6.07) is 16.2. The van der Waals surface area contributed by atoms with Crippen molar-refractivity contribution >= 4 is 17.7 Å². The van der Waals surface area contributed by atoms with Gasteiger partial charge < -0.3 is 9.64 Å². The van der Waals surface area contributed by atoms with Gasteiger partial charge in [-0.15, -0.1) is 0 Å². The zero-order chi connectivity index (χ0) is 19.6. The Balaban J connectivity index is 1.75. The molecule has 2 aromatic rings. The van der Waals surface area contributed by atoms with E-state index >= 15 is 0 Å². The van der Waals surface area contributed by atoms with Crippen molar-refractivity contribution in [3.8, 4) is 11.1 Å². The van der Waals surface area contributed by atoms with E-state index in [-0.39, 0.29) is 12.5 Å². The van der Waals surface area contributed by atoms with Gasteiger partial charge in [-0.3, -0.25) is 9.69 Å². The zero-order valence-corrected chi connectivity index (χ0v) is 16.4. The van der Waals surface area contributed by atoms with Gasteiger partial charge in [-0.05, 0) is 56.5 Å². The van der Waals surface area contributed by atoms with Crippen LogP contribution in [-0.2, 0) is 9.53 Å². The molecule has 1 aliphatic rings. The van der Waals surface area contributed by atoms with Crippen molar-refractivity contribution in [2.75, 3.05) is 24.5 Å². The molecule has 27 heavy (non-hydrogen) atoms. The maximum absolute atomic E-state index is 12.7. The molecule has 1 saturated heterocycles. The number of aryl methyl sites for hydroxylation is 1.